The van der Waals surface area contributed by atoms with Crippen molar-refractivity contribution in [2.45, 2.75) is 44.1 Å². The summed E-state index contributed by atoms with van der Waals surface area (Å²) in [5, 5.41) is 3.25. The molecule has 0 bridgehead atoms. The highest BCUT2D eigenvalue weighted by Gasteiger charge is 2.51. The van der Waals surface area contributed by atoms with Crippen LogP contribution in [0.25, 0.3) is 0 Å². The maximum atomic E-state index is 12.8. The first-order chi connectivity index (χ1) is 11.1. The molecule has 1 atom stereocenters. The van der Waals surface area contributed by atoms with Gasteiger partial charge in [-0.15, -0.1) is 0 Å². The smallest absolute Gasteiger partial charge is 0.230 e. The number of nitrogens with one attached hydrogen (secondary N) is 2. The van der Waals surface area contributed by atoms with E-state index in [4.69, 9.17) is 0 Å². The van der Waals surface area contributed by atoms with E-state index in [9.17, 15) is 4.79 Å². The Kier molecular flexibility index (Phi) is 5.17. The van der Waals surface area contributed by atoms with Crippen molar-refractivity contribution in [2.75, 3.05) is 30.6 Å². The monoisotopic (exact) mass is 333 g/mol. The Morgan fingerprint density at radius 3 is 2.74 bits per heavy atom. The molecule has 126 valence electrons. The number of benzene rings is 1. The predicted molar refractivity (Wildman–Crippen MR) is 97.8 cm³/mol. The highest BCUT2D eigenvalue weighted by Crippen LogP contribution is 2.49. The van der Waals surface area contributed by atoms with Gasteiger partial charge in [0.15, 0.2) is 0 Å². The Bertz CT molecular complexity index is 553. The van der Waals surface area contributed by atoms with Crippen LogP contribution in [-0.2, 0) is 10.2 Å². The standard InChI is InChI=1S/C18H27N3OS/c1-14(13-21-10-3-4-11-21)19-17(22)18(8-9-18)15-6-5-7-16(12-15)20-23-2/h5-7,12,14,20H,3-4,8-11,13H2,1-2H3,(H,19,22). The maximum Gasteiger partial charge on any atom is 0.230 e. The lowest BCUT2D eigenvalue weighted by atomic mass is 9.94. The summed E-state index contributed by atoms with van der Waals surface area (Å²) in [4.78, 5) is 15.3. The van der Waals surface area contributed by atoms with Crippen LogP contribution in [0.15, 0.2) is 24.3 Å². The summed E-state index contributed by atoms with van der Waals surface area (Å²) in [7, 11) is 0. The van der Waals surface area contributed by atoms with Crippen LogP contribution >= 0.6 is 11.9 Å². The average molecular weight is 334 g/mol. The zero-order chi connectivity index (χ0) is 16.3. The molecule has 1 saturated heterocycles. The number of hydrogen-bond acceptors (Lipinski definition) is 4. The summed E-state index contributed by atoms with van der Waals surface area (Å²) >= 11 is 1.58. The molecule has 1 amide bonds. The zero-order valence-electron chi connectivity index (χ0n) is 14.1. The van der Waals surface area contributed by atoms with Gasteiger partial charge in [0, 0.05) is 24.5 Å². The molecule has 0 spiro atoms. The Morgan fingerprint density at radius 2 is 2.09 bits per heavy atom. The van der Waals surface area contributed by atoms with E-state index in [0.29, 0.717) is 0 Å². The normalized spacial score (nSPS) is 21.0. The van der Waals surface area contributed by atoms with Gasteiger partial charge in [-0.25, -0.2) is 0 Å². The summed E-state index contributed by atoms with van der Waals surface area (Å²) in [6.45, 7) is 5.44. The van der Waals surface area contributed by atoms with E-state index in [2.05, 4.69) is 34.0 Å². The molecule has 2 aliphatic rings. The first-order valence-corrected chi connectivity index (χ1v) is 9.79. The number of amides is 1. The van der Waals surface area contributed by atoms with Crippen molar-refractivity contribution in [3.63, 3.8) is 0 Å². The van der Waals surface area contributed by atoms with E-state index in [1.165, 1.54) is 25.9 Å². The van der Waals surface area contributed by atoms with Gasteiger partial charge >= 0.3 is 0 Å². The number of carbonyl (C=O) groups excluding carboxylic acids is 1. The molecule has 1 aliphatic carbocycles. The Labute approximate surface area is 143 Å². The Morgan fingerprint density at radius 1 is 1.35 bits per heavy atom. The Balaban J connectivity index is 1.62. The van der Waals surface area contributed by atoms with Gasteiger partial charge in [-0.05, 0) is 63.4 Å². The quantitative estimate of drug-likeness (QED) is 0.753. The predicted octanol–water partition coefficient (Wildman–Crippen LogP) is 3.01. The SMILES string of the molecule is CSNc1cccc(C2(C(=O)NC(C)CN3CCCC3)CC2)c1. The zero-order valence-corrected chi connectivity index (χ0v) is 14.9. The fourth-order valence-corrected chi connectivity index (χ4v) is 3.89. The van der Waals surface area contributed by atoms with E-state index < -0.39 is 0 Å². The second-order valence-corrected chi connectivity index (χ2v) is 7.46. The third-order valence-electron chi connectivity index (χ3n) is 4.93. The van der Waals surface area contributed by atoms with E-state index in [1.54, 1.807) is 11.9 Å². The molecule has 5 heteroatoms. The molecule has 0 aromatic heterocycles. The first kappa shape index (κ1) is 16.7. The van der Waals surface area contributed by atoms with Gasteiger partial charge < -0.3 is 14.9 Å². The first-order valence-electron chi connectivity index (χ1n) is 8.57. The second-order valence-electron chi connectivity index (χ2n) is 6.85. The van der Waals surface area contributed by atoms with Crippen LogP contribution in [0, 0.1) is 0 Å². The minimum absolute atomic E-state index is 0.200. The summed E-state index contributed by atoms with van der Waals surface area (Å²) in [5.41, 5.74) is 1.91. The van der Waals surface area contributed by atoms with Crippen molar-refractivity contribution in [3.05, 3.63) is 29.8 Å². The van der Waals surface area contributed by atoms with Crippen LogP contribution in [0.1, 0.15) is 38.2 Å². The van der Waals surface area contributed by atoms with Crippen LogP contribution < -0.4 is 10.0 Å². The van der Waals surface area contributed by atoms with Gasteiger partial charge in [0.1, 0.15) is 0 Å². The molecule has 1 heterocycles. The largest absolute Gasteiger partial charge is 0.352 e. The molecule has 1 saturated carbocycles. The Hall–Kier alpha value is -1.20. The number of rotatable bonds is 7. The molecule has 1 aromatic rings. The topological polar surface area (TPSA) is 44.4 Å². The number of anilines is 1. The molecule has 4 nitrogen and oxygen atoms in total. The number of hydrogen-bond donors (Lipinski definition) is 2. The molecule has 3 rings (SSSR count). The average Bonchev–Trinajstić information content (AvgIpc) is 3.20. The van der Waals surface area contributed by atoms with Gasteiger partial charge in [0.2, 0.25) is 5.91 Å². The van der Waals surface area contributed by atoms with Crippen molar-refractivity contribution in [1.82, 2.24) is 10.2 Å². The minimum atomic E-state index is -0.296. The van der Waals surface area contributed by atoms with Gasteiger partial charge in [-0.3, -0.25) is 4.79 Å². The van der Waals surface area contributed by atoms with Crippen molar-refractivity contribution < 1.29 is 4.79 Å². The molecule has 2 N–H and O–H groups in total. The fourth-order valence-electron chi connectivity index (χ4n) is 3.53. The molecule has 1 unspecified atom stereocenters. The summed E-state index contributed by atoms with van der Waals surface area (Å²) in [6, 6.07) is 8.50. The van der Waals surface area contributed by atoms with E-state index in [-0.39, 0.29) is 17.4 Å². The van der Waals surface area contributed by atoms with Gasteiger partial charge in [0.25, 0.3) is 0 Å². The van der Waals surface area contributed by atoms with Gasteiger partial charge in [0.05, 0.1) is 5.41 Å². The van der Waals surface area contributed by atoms with Crippen molar-refractivity contribution >= 4 is 23.5 Å². The van der Waals surface area contributed by atoms with E-state index >= 15 is 0 Å². The van der Waals surface area contributed by atoms with Crippen LogP contribution in [0.3, 0.4) is 0 Å². The summed E-state index contributed by atoms with van der Waals surface area (Å²) in [6.07, 6.45) is 6.50. The molecular formula is C18H27N3OS. The highest BCUT2D eigenvalue weighted by molar-refractivity contribution is 7.99. The van der Waals surface area contributed by atoms with Crippen LogP contribution in [0.2, 0.25) is 0 Å². The minimum Gasteiger partial charge on any atom is -0.352 e. The lowest BCUT2D eigenvalue weighted by molar-refractivity contribution is -0.124. The fraction of sp³-hybridized carbons (Fsp3) is 0.611. The molecule has 0 radical (unpaired) electrons. The highest BCUT2D eigenvalue weighted by atomic mass is 32.2. The summed E-state index contributed by atoms with van der Waals surface area (Å²) < 4.78 is 3.25. The van der Waals surface area contributed by atoms with Crippen LogP contribution in [-0.4, -0.2) is 42.7 Å². The van der Waals surface area contributed by atoms with Gasteiger partial charge in [-0.1, -0.05) is 24.1 Å². The second kappa shape index (κ2) is 7.14. The molecule has 1 aliphatic heterocycles. The van der Waals surface area contributed by atoms with Crippen LogP contribution in [0.5, 0.6) is 0 Å². The molecular weight excluding hydrogens is 306 g/mol. The lowest BCUT2D eigenvalue weighted by Gasteiger charge is -2.24. The molecule has 2 fully saturated rings. The van der Waals surface area contributed by atoms with Crippen LogP contribution in [0.4, 0.5) is 5.69 Å². The summed E-state index contributed by atoms with van der Waals surface area (Å²) in [5.74, 6) is 0.200. The number of nitrogens with zero attached hydrogens (tertiary/aromatic N) is 1. The third kappa shape index (κ3) is 3.83. The van der Waals surface area contributed by atoms with E-state index in [0.717, 1.165) is 30.6 Å². The maximum absolute atomic E-state index is 12.8. The van der Waals surface area contributed by atoms with Crippen molar-refractivity contribution in [1.29, 1.82) is 0 Å². The number of likely N-dealkylation sites (tertiary alicyclic amines) is 1. The van der Waals surface area contributed by atoms with Crippen molar-refractivity contribution in [2.24, 2.45) is 0 Å². The van der Waals surface area contributed by atoms with Crippen molar-refractivity contribution in [3.8, 4) is 0 Å². The third-order valence-corrected chi connectivity index (χ3v) is 5.37. The lowest BCUT2D eigenvalue weighted by Crippen LogP contribution is -2.45. The van der Waals surface area contributed by atoms with E-state index in [1.807, 2.05) is 18.4 Å². The number of carbonyl (C=O) groups is 1. The molecule has 23 heavy (non-hydrogen) atoms. The van der Waals surface area contributed by atoms with Gasteiger partial charge in [-0.2, -0.15) is 0 Å². The molecule has 1 aromatic carbocycles.